The smallest absolute Gasteiger partial charge is 0.0534 e. The first-order valence-electron chi connectivity index (χ1n) is 1.81. The van der Waals surface area contributed by atoms with Gasteiger partial charge in [0.1, 0.15) is 0 Å². The van der Waals surface area contributed by atoms with E-state index in [0.717, 1.165) is 5.75 Å². The lowest BCUT2D eigenvalue weighted by Crippen LogP contribution is -1.96. The fourth-order valence-electron chi connectivity index (χ4n) is 0.148. The van der Waals surface area contributed by atoms with Crippen LogP contribution in [0.5, 0.6) is 0 Å². The van der Waals surface area contributed by atoms with Crippen molar-refractivity contribution in [2.45, 2.75) is 0 Å². The molecular weight excluding hydrogens is 98.1 g/mol. The van der Waals surface area contributed by atoms with Gasteiger partial charge in [0.25, 0.3) is 0 Å². The molecule has 0 heterocycles. The Morgan fingerprint density at radius 3 is 2.67 bits per heavy atom. The highest BCUT2D eigenvalue weighted by Gasteiger charge is 1.74. The summed E-state index contributed by atoms with van der Waals surface area (Å²) in [4.78, 5) is 0. The van der Waals surface area contributed by atoms with Crippen LogP contribution in [-0.4, -0.2) is 24.5 Å². The summed E-state index contributed by atoms with van der Waals surface area (Å²) in [5.74, 6) is 0.774. The zero-order valence-electron chi connectivity index (χ0n) is 3.77. The zero-order valence-corrected chi connectivity index (χ0v) is 4.59. The van der Waals surface area contributed by atoms with Crippen LogP contribution in [0.1, 0.15) is 0 Å². The summed E-state index contributed by atoms with van der Waals surface area (Å²) in [5, 5.41) is 8.14. The highest BCUT2D eigenvalue weighted by Crippen LogP contribution is 1.84. The first kappa shape index (κ1) is 6.27. The number of rotatable bonds is 3. The van der Waals surface area contributed by atoms with Gasteiger partial charge in [-0.05, 0) is 7.05 Å². The lowest BCUT2D eigenvalue weighted by molar-refractivity contribution is 0.322. The Bertz CT molecular complexity index is 22.8. The zero-order chi connectivity index (χ0) is 4.83. The van der Waals surface area contributed by atoms with Crippen LogP contribution in [0.3, 0.4) is 0 Å². The molecule has 0 fully saturated rings. The number of nitrogens with one attached hydrogen (secondary N) is 1. The van der Waals surface area contributed by atoms with Gasteiger partial charge in [-0.25, -0.2) is 0 Å². The summed E-state index contributed by atoms with van der Waals surface area (Å²) in [6.45, 7) is 0.255. The Morgan fingerprint density at radius 2 is 2.50 bits per heavy atom. The van der Waals surface area contributed by atoms with Crippen molar-refractivity contribution in [3.05, 3.63) is 0 Å². The molecule has 0 aliphatic rings. The first-order valence-corrected chi connectivity index (χ1v) is 2.79. The molecule has 6 heavy (non-hydrogen) atoms. The summed E-state index contributed by atoms with van der Waals surface area (Å²) in [6, 6.07) is 0. The minimum Gasteiger partial charge on any atom is -0.395 e. The van der Waals surface area contributed by atoms with Gasteiger partial charge in [-0.2, -0.15) is 0 Å². The molecule has 0 radical (unpaired) electrons. The standard InChI is InChI=1S/C3H9NOS/c1-4-6-3-2-5/h4-5H,2-3H2,1H3. The Hall–Kier alpha value is 0.270. The number of hydrogen-bond acceptors (Lipinski definition) is 3. The summed E-state index contributed by atoms with van der Waals surface area (Å²) >= 11 is 1.51. The quantitative estimate of drug-likeness (QED) is 0.388. The third-order valence-electron chi connectivity index (χ3n) is 0.338. The van der Waals surface area contributed by atoms with Gasteiger partial charge in [-0.15, -0.1) is 0 Å². The molecule has 0 unspecified atom stereocenters. The fraction of sp³-hybridized carbons (Fsp3) is 1.00. The molecule has 0 rings (SSSR count). The van der Waals surface area contributed by atoms with E-state index in [9.17, 15) is 0 Å². The molecule has 0 amide bonds. The molecule has 0 aliphatic heterocycles. The molecule has 38 valence electrons. The largest absolute Gasteiger partial charge is 0.395 e. The molecule has 0 spiro atoms. The second-order valence-corrected chi connectivity index (χ2v) is 1.88. The van der Waals surface area contributed by atoms with Gasteiger partial charge in [0.05, 0.1) is 6.61 Å². The first-order chi connectivity index (χ1) is 2.91. The fourth-order valence-corrected chi connectivity index (χ4v) is 0.443. The molecule has 0 saturated heterocycles. The van der Waals surface area contributed by atoms with Gasteiger partial charge < -0.3 is 5.11 Å². The molecule has 0 aromatic rings. The molecular formula is C3H9NOS. The topological polar surface area (TPSA) is 32.3 Å². The van der Waals surface area contributed by atoms with Crippen LogP contribution in [0.15, 0.2) is 0 Å². The van der Waals surface area contributed by atoms with Crippen LogP contribution in [0.2, 0.25) is 0 Å². The molecule has 0 saturated carbocycles. The normalized spacial score (nSPS) is 9.00. The highest BCUT2D eigenvalue weighted by molar-refractivity contribution is 7.97. The second kappa shape index (κ2) is 5.27. The van der Waals surface area contributed by atoms with Crippen LogP contribution in [0, 0.1) is 0 Å². The van der Waals surface area contributed by atoms with E-state index in [4.69, 9.17) is 5.11 Å². The molecule has 0 aromatic carbocycles. The van der Waals surface area contributed by atoms with Gasteiger partial charge in [0, 0.05) is 5.75 Å². The molecule has 0 aliphatic carbocycles. The third kappa shape index (κ3) is 4.27. The van der Waals surface area contributed by atoms with Crippen LogP contribution >= 0.6 is 11.9 Å². The lowest BCUT2D eigenvalue weighted by atomic mass is 10.9. The maximum atomic E-state index is 8.14. The summed E-state index contributed by atoms with van der Waals surface area (Å²) in [7, 11) is 1.83. The van der Waals surface area contributed by atoms with E-state index in [1.54, 1.807) is 0 Å². The minimum absolute atomic E-state index is 0.255. The number of aliphatic hydroxyl groups is 1. The molecule has 0 aromatic heterocycles. The monoisotopic (exact) mass is 107 g/mol. The number of hydrogen-bond donors (Lipinski definition) is 2. The second-order valence-electron chi connectivity index (χ2n) is 0.776. The van der Waals surface area contributed by atoms with Crippen molar-refractivity contribution in [1.29, 1.82) is 0 Å². The van der Waals surface area contributed by atoms with Gasteiger partial charge >= 0.3 is 0 Å². The predicted molar refractivity (Wildman–Crippen MR) is 28.6 cm³/mol. The van der Waals surface area contributed by atoms with E-state index in [1.807, 2.05) is 7.05 Å². The highest BCUT2D eigenvalue weighted by atomic mass is 32.2. The Balaban J connectivity index is 2.34. The van der Waals surface area contributed by atoms with Gasteiger partial charge in [0.2, 0.25) is 0 Å². The summed E-state index contributed by atoms with van der Waals surface area (Å²) < 4.78 is 2.83. The SMILES string of the molecule is CNSCCO. The van der Waals surface area contributed by atoms with E-state index in [1.165, 1.54) is 11.9 Å². The molecule has 2 N–H and O–H groups in total. The van der Waals surface area contributed by atoms with E-state index >= 15 is 0 Å². The van der Waals surface area contributed by atoms with Crippen LogP contribution in [0.25, 0.3) is 0 Å². The number of aliphatic hydroxyl groups excluding tert-OH is 1. The maximum absolute atomic E-state index is 8.14. The molecule has 2 nitrogen and oxygen atoms in total. The lowest BCUT2D eigenvalue weighted by Gasteiger charge is -1.89. The van der Waals surface area contributed by atoms with Gasteiger partial charge in [-0.3, -0.25) is 4.72 Å². The molecule has 0 atom stereocenters. The van der Waals surface area contributed by atoms with Crippen LogP contribution in [-0.2, 0) is 0 Å². The van der Waals surface area contributed by atoms with Gasteiger partial charge in [0.15, 0.2) is 0 Å². The van der Waals surface area contributed by atoms with Crippen molar-refractivity contribution < 1.29 is 5.11 Å². The Morgan fingerprint density at radius 1 is 1.83 bits per heavy atom. The van der Waals surface area contributed by atoms with E-state index in [0.29, 0.717) is 0 Å². The van der Waals surface area contributed by atoms with Crippen molar-refractivity contribution in [3.8, 4) is 0 Å². The van der Waals surface area contributed by atoms with E-state index in [2.05, 4.69) is 4.72 Å². The average Bonchev–Trinajstić information content (AvgIpc) is 1.61. The van der Waals surface area contributed by atoms with E-state index < -0.39 is 0 Å². The van der Waals surface area contributed by atoms with Crippen molar-refractivity contribution in [3.63, 3.8) is 0 Å². The van der Waals surface area contributed by atoms with Crippen molar-refractivity contribution in [1.82, 2.24) is 4.72 Å². The van der Waals surface area contributed by atoms with Crippen molar-refractivity contribution in [2.75, 3.05) is 19.4 Å². The predicted octanol–water partition coefficient (Wildman–Crippen LogP) is -0.154. The summed E-state index contributed by atoms with van der Waals surface area (Å²) in [6.07, 6.45) is 0. The van der Waals surface area contributed by atoms with Crippen LogP contribution < -0.4 is 4.72 Å². The Kier molecular flexibility index (Phi) is 5.51. The minimum atomic E-state index is 0.255. The summed E-state index contributed by atoms with van der Waals surface area (Å²) in [5.41, 5.74) is 0. The maximum Gasteiger partial charge on any atom is 0.0534 e. The Labute approximate surface area is 42.1 Å². The molecule has 0 bridgehead atoms. The van der Waals surface area contributed by atoms with Gasteiger partial charge in [-0.1, -0.05) is 11.9 Å². The van der Waals surface area contributed by atoms with Crippen LogP contribution in [0.4, 0.5) is 0 Å². The van der Waals surface area contributed by atoms with Crippen molar-refractivity contribution in [2.24, 2.45) is 0 Å². The molecule has 3 heteroatoms. The third-order valence-corrected chi connectivity index (χ3v) is 1.01. The average molecular weight is 107 g/mol. The van der Waals surface area contributed by atoms with Crippen molar-refractivity contribution >= 4 is 11.9 Å². The van der Waals surface area contributed by atoms with E-state index in [-0.39, 0.29) is 6.61 Å².